The van der Waals surface area contributed by atoms with Gasteiger partial charge in [0.1, 0.15) is 0 Å². The van der Waals surface area contributed by atoms with Crippen LogP contribution in [-0.4, -0.2) is 29.0 Å². The highest BCUT2D eigenvalue weighted by atomic mass is 35.5. The molecule has 1 aliphatic carbocycles. The Bertz CT molecular complexity index is 1910. The number of nitrogens with zero attached hydrogens (tertiary/aromatic N) is 3. The van der Waals surface area contributed by atoms with E-state index in [0.29, 0.717) is 6.04 Å². The lowest BCUT2D eigenvalue weighted by Gasteiger charge is -2.40. The summed E-state index contributed by atoms with van der Waals surface area (Å²) >= 11 is 0. The average molecular weight is 707 g/mol. The summed E-state index contributed by atoms with van der Waals surface area (Å²) in [7, 11) is 0. The molecule has 0 unspecified atom stereocenters. The highest BCUT2D eigenvalue weighted by Crippen LogP contribution is 2.35. The first-order valence-corrected chi connectivity index (χ1v) is 18.0. The number of benzene rings is 4. The van der Waals surface area contributed by atoms with Crippen LogP contribution in [0.25, 0.3) is 22.4 Å². The number of pyridine rings is 1. The zero-order valence-electron chi connectivity index (χ0n) is 30.7. The second-order valence-corrected chi connectivity index (χ2v) is 14.6. The molecule has 1 saturated heterocycles. The summed E-state index contributed by atoms with van der Waals surface area (Å²) in [5.74, 6) is 0. The van der Waals surface area contributed by atoms with Gasteiger partial charge in [-0.1, -0.05) is 42.5 Å². The molecule has 0 spiro atoms. The number of piperidine rings is 1. The standard InChI is InChI=1S/C45H51N3.2ClH/c1-30-22-40(23-31(2)34(30)5)44-13-8-7-10-39(44)29-48(43-15-14-37-11-9-12-38(37)27-43)42-17-20-47(21-18-42)28-36-16-19-46-45(26-36)41-24-32(3)35(6)33(4)25-41;;/h7-8,10,13-16,19,22-27,42H,9,11-12,17-18,20-21,28-29H2,1-6H3;2*1H. The fourth-order valence-electron chi connectivity index (χ4n) is 8.04. The fourth-order valence-corrected chi connectivity index (χ4v) is 8.04. The van der Waals surface area contributed by atoms with E-state index in [-0.39, 0.29) is 24.8 Å². The second-order valence-electron chi connectivity index (χ2n) is 14.6. The van der Waals surface area contributed by atoms with Gasteiger partial charge in [-0.3, -0.25) is 9.88 Å². The Labute approximate surface area is 313 Å². The van der Waals surface area contributed by atoms with Gasteiger partial charge in [0, 0.05) is 49.7 Å². The number of likely N-dealkylation sites (tertiary alicyclic amines) is 1. The third kappa shape index (κ3) is 7.96. The van der Waals surface area contributed by atoms with Crippen LogP contribution >= 0.6 is 24.8 Å². The molecule has 5 heteroatoms. The summed E-state index contributed by atoms with van der Waals surface area (Å²) in [6.07, 6.45) is 8.04. The molecule has 7 rings (SSSR count). The van der Waals surface area contributed by atoms with Crippen molar-refractivity contribution in [2.24, 2.45) is 0 Å². The molecule has 2 aliphatic rings. The minimum Gasteiger partial charge on any atom is -0.364 e. The number of halogens is 2. The third-order valence-electron chi connectivity index (χ3n) is 11.5. The first kappa shape index (κ1) is 37.6. The summed E-state index contributed by atoms with van der Waals surface area (Å²) < 4.78 is 0. The van der Waals surface area contributed by atoms with E-state index in [1.54, 1.807) is 11.1 Å². The Morgan fingerprint density at radius 3 is 1.98 bits per heavy atom. The smallest absolute Gasteiger partial charge is 0.0705 e. The molecule has 4 aromatic carbocycles. The topological polar surface area (TPSA) is 19.4 Å². The summed E-state index contributed by atoms with van der Waals surface area (Å²) in [5, 5.41) is 0. The van der Waals surface area contributed by atoms with Crippen molar-refractivity contribution >= 4 is 30.5 Å². The number of fused-ring (bicyclic) bond motifs is 1. The zero-order chi connectivity index (χ0) is 33.4. The van der Waals surface area contributed by atoms with Crippen LogP contribution in [0, 0.1) is 41.5 Å². The Hall–Kier alpha value is -3.63. The molecule has 0 bridgehead atoms. The second kappa shape index (κ2) is 16.1. The van der Waals surface area contributed by atoms with Crippen molar-refractivity contribution in [3.8, 4) is 22.4 Å². The van der Waals surface area contributed by atoms with E-state index < -0.39 is 0 Å². The minimum atomic E-state index is 0. The van der Waals surface area contributed by atoms with E-state index >= 15 is 0 Å². The predicted octanol–water partition coefficient (Wildman–Crippen LogP) is 11.3. The average Bonchev–Trinajstić information content (AvgIpc) is 3.57. The van der Waals surface area contributed by atoms with Crippen LogP contribution < -0.4 is 4.90 Å². The highest BCUT2D eigenvalue weighted by molar-refractivity contribution is 5.85. The van der Waals surface area contributed by atoms with Gasteiger partial charge < -0.3 is 4.90 Å². The number of aromatic nitrogens is 1. The van der Waals surface area contributed by atoms with Crippen LogP contribution in [-0.2, 0) is 25.9 Å². The summed E-state index contributed by atoms with van der Waals surface area (Å²) in [6, 6.07) is 30.8. The van der Waals surface area contributed by atoms with Crippen molar-refractivity contribution in [1.82, 2.24) is 9.88 Å². The van der Waals surface area contributed by atoms with Crippen LogP contribution in [0.5, 0.6) is 0 Å². The number of rotatable bonds is 8. The van der Waals surface area contributed by atoms with Crippen LogP contribution in [0.15, 0.2) is 85.1 Å². The van der Waals surface area contributed by atoms with E-state index in [2.05, 4.69) is 130 Å². The largest absolute Gasteiger partial charge is 0.364 e. The predicted molar refractivity (Wildman–Crippen MR) is 217 cm³/mol. The lowest BCUT2D eigenvalue weighted by molar-refractivity contribution is 0.201. The molecule has 1 aliphatic heterocycles. The van der Waals surface area contributed by atoms with E-state index in [0.717, 1.165) is 44.7 Å². The van der Waals surface area contributed by atoms with Crippen LogP contribution in [0.1, 0.15) is 74.9 Å². The van der Waals surface area contributed by atoms with Crippen LogP contribution in [0.3, 0.4) is 0 Å². The maximum Gasteiger partial charge on any atom is 0.0705 e. The van der Waals surface area contributed by atoms with E-state index in [1.165, 1.54) is 86.1 Å². The molecular formula is C45H53Cl2N3. The van der Waals surface area contributed by atoms with Crippen molar-refractivity contribution in [1.29, 1.82) is 0 Å². The SMILES string of the molecule is Cc1cc(-c2cc(CN3CCC(N(Cc4ccccc4-c4cc(C)c(C)c(C)c4)c4ccc5c(c4)CCC5)CC3)ccn2)cc(C)c1C.Cl.Cl. The first-order chi connectivity index (χ1) is 23.2. The third-order valence-corrected chi connectivity index (χ3v) is 11.5. The van der Waals surface area contributed by atoms with Gasteiger partial charge in [0.15, 0.2) is 0 Å². The molecule has 0 saturated carbocycles. The maximum absolute atomic E-state index is 4.77. The quantitative estimate of drug-likeness (QED) is 0.160. The number of hydrogen-bond donors (Lipinski definition) is 0. The zero-order valence-corrected chi connectivity index (χ0v) is 32.3. The van der Waals surface area contributed by atoms with Gasteiger partial charge in [-0.25, -0.2) is 0 Å². The first-order valence-electron chi connectivity index (χ1n) is 18.0. The van der Waals surface area contributed by atoms with Crippen molar-refractivity contribution < 1.29 is 0 Å². The van der Waals surface area contributed by atoms with Crippen LogP contribution in [0.4, 0.5) is 5.69 Å². The van der Waals surface area contributed by atoms with Crippen molar-refractivity contribution in [2.75, 3.05) is 18.0 Å². The van der Waals surface area contributed by atoms with Gasteiger partial charge in [-0.15, -0.1) is 24.8 Å². The molecule has 0 amide bonds. The molecule has 50 heavy (non-hydrogen) atoms. The Kier molecular flexibility index (Phi) is 12.2. The monoisotopic (exact) mass is 705 g/mol. The van der Waals surface area contributed by atoms with Crippen molar-refractivity contribution in [3.63, 3.8) is 0 Å². The van der Waals surface area contributed by atoms with Gasteiger partial charge in [0.2, 0.25) is 0 Å². The Balaban J connectivity index is 0.00000243. The van der Waals surface area contributed by atoms with E-state index in [4.69, 9.17) is 4.98 Å². The molecule has 0 atom stereocenters. The molecule has 1 fully saturated rings. The molecule has 0 N–H and O–H groups in total. The molecule has 3 nitrogen and oxygen atoms in total. The number of aryl methyl sites for hydroxylation is 6. The molecule has 2 heterocycles. The molecule has 1 aromatic heterocycles. The van der Waals surface area contributed by atoms with Gasteiger partial charge >= 0.3 is 0 Å². The molecule has 5 aromatic rings. The van der Waals surface area contributed by atoms with Gasteiger partial charge in [0.25, 0.3) is 0 Å². The minimum absolute atomic E-state index is 0. The number of hydrogen-bond acceptors (Lipinski definition) is 3. The Morgan fingerprint density at radius 1 is 0.680 bits per heavy atom. The summed E-state index contributed by atoms with van der Waals surface area (Å²) in [4.78, 5) is 10.2. The van der Waals surface area contributed by atoms with E-state index in [1.807, 2.05) is 6.20 Å². The Morgan fingerprint density at radius 2 is 1.30 bits per heavy atom. The summed E-state index contributed by atoms with van der Waals surface area (Å²) in [5.41, 5.74) is 20.4. The van der Waals surface area contributed by atoms with Gasteiger partial charge in [-0.05, 0) is 177 Å². The molecule has 0 radical (unpaired) electrons. The van der Waals surface area contributed by atoms with Gasteiger partial charge in [-0.2, -0.15) is 0 Å². The lowest BCUT2D eigenvalue weighted by Crippen LogP contribution is -2.44. The summed E-state index contributed by atoms with van der Waals surface area (Å²) in [6.45, 7) is 17.4. The maximum atomic E-state index is 4.77. The van der Waals surface area contributed by atoms with Crippen LogP contribution in [0.2, 0.25) is 0 Å². The highest BCUT2D eigenvalue weighted by Gasteiger charge is 2.27. The molecular weight excluding hydrogens is 653 g/mol. The normalized spacial score (nSPS) is 14.5. The fraction of sp³-hybridized carbons (Fsp3) is 0.356. The lowest BCUT2D eigenvalue weighted by atomic mass is 9.92. The number of anilines is 1. The van der Waals surface area contributed by atoms with Crippen molar-refractivity contribution in [2.45, 2.75) is 92.8 Å². The van der Waals surface area contributed by atoms with Crippen molar-refractivity contribution in [3.05, 3.63) is 141 Å². The van der Waals surface area contributed by atoms with Gasteiger partial charge in [0.05, 0.1) is 5.69 Å². The molecule has 262 valence electrons. The van der Waals surface area contributed by atoms with E-state index in [9.17, 15) is 0 Å².